The van der Waals surface area contributed by atoms with Gasteiger partial charge < -0.3 is 5.11 Å². The first-order chi connectivity index (χ1) is 5.02. The molecule has 1 fully saturated rings. The van der Waals surface area contributed by atoms with E-state index in [0.29, 0.717) is 6.54 Å². The fourth-order valence-corrected chi connectivity index (χ4v) is 1.34. The van der Waals surface area contributed by atoms with E-state index in [4.69, 9.17) is 5.84 Å². The molecule has 0 saturated carbocycles. The number of β-amino-alcohol motifs (C(OH)–C–C–N with tert-alkyl or cyclic N) is 1. The summed E-state index contributed by atoms with van der Waals surface area (Å²) in [6.45, 7) is 4.07. The highest BCUT2D eigenvalue weighted by atomic mass is 16.3. The summed E-state index contributed by atoms with van der Waals surface area (Å²) in [6.07, 6.45) is 1.02. The van der Waals surface area contributed by atoms with Crippen LogP contribution in [0.2, 0.25) is 0 Å². The lowest BCUT2D eigenvalue weighted by molar-refractivity contribution is -0.0865. The molecule has 4 nitrogen and oxygen atoms in total. The van der Waals surface area contributed by atoms with E-state index in [0.717, 1.165) is 19.5 Å². The van der Waals surface area contributed by atoms with Crippen molar-refractivity contribution in [3.63, 3.8) is 0 Å². The number of hydrogen-bond donors (Lipinski definition) is 2. The van der Waals surface area contributed by atoms with E-state index in [2.05, 4.69) is 0 Å². The molecule has 0 aromatic heterocycles. The Balaban J connectivity index is 2.60. The summed E-state index contributed by atoms with van der Waals surface area (Å²) < 4.78 is 0. The zero-order valence-electron chi connectivity index (χ0n) is 7.25. The largest absolute Gasteiger partial charge is 0.375 e. The first-order valence-corrected chi connectivity index (χ1v) is 3.95. The average molecular weight is 159 g/mol. The van der Waals surface area contributed by atoms with Crippen LogP contribution in [0.1, 0.15) is 13.3 Å². The first-order valence-electron chi connectivity index (χ1n) is 3.95. The quantitative estimate of drug-likeness (QED) is 0.455. The van der Waals surface area contributed by atoms with Crippen molar-refractivity contribution in [1.82, 2.24) is 9.91 Å². The van der Waals surface area contributed by atoms with Crippen molar-refractivity contribution in [3.8, 4) is 0 Å². The molecule has 0 aromatic rings. The van der Waals surface area contributed by atoms with E-state index >= 15 is 0 Å². The lowest BCUT2D eigenvalue weighted by Gasteiger charge is -2.33. The molecule has 66 valence electrons. The highest BCUT2D eigenvalue weighted by Gasteiger charge is 2.29. The fraction of sp³-hybridized carbons (Fsp3) is 1.00. The standard InChI is InChI=1S/C7H17N3O/c1-7(11)6-10(8)5-3-4-9(7)2/h11H,3-6,8H2,1-2H3. The number of hydrogen-bond acceptors (Lipinski definition) is 4. The number of nitrogens with two attached hydrogens (primary N) is 1. The van der Waals surface area contributed by atoms with Gasteiger partial charge in [0.15, 0.2) is 0 Å². The van der Waals surface area contributed by atoms with Crippen molar-refractivity contribution >= 4 is 0 Å². The molecule has 0 aliphatic carbocycles. The van der Waals surface area contributed by atoms with Crippen LogP contribution < -0.4 is 5.84 Å². The molecule has 0 radical (unpaired) electrons. The predicted molar refractivity (Wildman–Crippen MR) is 43.6 cm³/mol. The van der Waals surface area contributed by atoms with Gasteiger partial charge in [0.2, 0.25) is 0 Å². The van der Waals surface area contributed by atoms with Crippen LogP contribution in [-0.2, 0) is 0 Å². The molecule has 1 aliphatic rings. The molecule has 1 unspecified atom stereocenters. The molecule has 1 atom stereocenters. The maximum absolute atomic E-state index is 9.80. The van der Waals surface area contributed by atoms with Crippen molar-refractivity contribution in [2.45, 2.75) is 19.1 Å². The molecule has 4 heteroatoms. The summed E-state index contributed by atoms with van der Waals surface area (Å²) in [5.41, 5.74) is -0.773. The molecule has 1 heterocycles. The third-order valence-corrected chi connectivity index (χ3v) is 2.26. The van der Waals surface area contributed by atoms with Gasteiger partial charge in [-0.2, -0.15) is 0 Å². The Morgan fingerprint density at radius 3 is 2.73 bits per heavy atom. The van der Waals surface area contributed by atoms with Gasteiger partial charge in [-0.1, -0.05) is 0 Å². The fourth-order valence-electron chi connectivity index (χ4n) is 1.34. The van der Waals surface area contributed by atoms with Crippen molar-refractivity contribution in [1.29, 1.82) is 0 Å². The molecule has 1 saturated heterocycles. The van der Waals surface area contributed by atoms with E-state index in [1.165, 1.54) is 0 Å². The summed E-state index contributed by atoms with van der Waals surface area (Å²) >= 11 is 0. The van der Waals surface area contributed by atoms with Gasteiger partial charge in [0.25, 0.3) is 0 Å². The molecule has 0 bridgehead atoms. The molecular weight excluding hydrogens is 142 g/mol. The van der Waals surface area contributed by atoms with Crippen LogP contribution in [0.25, 0.3) is 0 Å². The number of rotatable bonds is 0. The molecule has 0 amide bonds. The minimum Gasteiger partial charge on any atom is -0.375 e. The zero-order valence-corrected chi connectivity index (χ0v) is 7.25. The zero-order chi connectivity index (χ0) is 8.48. The van der Waals surface area contributed by atoms with Crippen LogP contribution in [0.4, 0.5) is 0 Å². The number of hydrazine groups is 1. The maximum atomic E-state index is 9.80. The molecule has 11 heavy (non-hydrogen) atoms. The van der Waals surface area contributed by atoms with Gasteiger partial charge >= 0.3 is 0 Å². The minimum absolute atomic E-state index is 0.517. The third-order valence-electron chi connectivity index (χ3n) is 2.26. The van der Waals surface area contributed by atoms with Gasteiger partial charge in [-0.15, -0.1) is 0 Å². The van der Waals surface area contributed by atoms with Gasteiger partial charge in [-0.25, -0.2) is 5.01 Å². The second-order valence-electron chi connectivity index (χ2n) is 3.46. The van der Waals surface area contributed by atoms with Crippen LogP contribution >= 0.6 is 0 Å². The summed E-state index contributed by atoms with van der Waals surface area (Å²) in [7, 11) is 1.92. The lowest BCUT2D eigenvalue weighted by Crippen LogP contribution is -2.51. The van der Waals surface area contributed by atoms with Gasteiger partial charge in [-0.3, -0.25) is 10.7 Å². The Morgan fingerprint density at radius 2 is 2.09 bits per heavy atom. The lowest BCUT2D eigenvalue weighted by atomic mass is 10.2. The smallest absolute Gasteiger partial charge is 0.129 e. The topological polar surface area (TPSA) is 52.7 Å². The number of likely N-dealkylation sites (N-methyl/N-ethyl adjacent to an activating group) is 1. The monoisotopic (exact) mass is 159 g/mol. The van der Waals surface area contributed by atoms with Crippen LogP contribution in [0.3, 0.4) is 0 Å². The minimum atomic E-state index is -0.773. The van der Waals surface area contributed by atoms with Gasteiger partial charge in [0.1, 0.15) is 5.72 Å². The van der Waals surface area contributed by atoms with Gasteiger partial charge in [0.05, 0.1) is 6.54 Å². The van der Waals surface area contributed by atoms with Crippen molar-refractivity contribution in [3.05, 3.63) is 0 Å². The number of aliphatic hydroxyl groups is 1. The molecule has 1 aliphatic heterocycles. The second-order valence-corrected chi connectivity index (χ2v) is 3.46. The third kappa shape index (κ3) is 2.13. The normalized spacial score (nSPS) is 37.1. The summed E-state index contributed by atoms with van der Waals surface area (Å²) in [4.78, 5) is 1.93. The van der Waals surface area contributed by atoms with Crippen LogP contribution in [0.5, 0.6) is 0 Å². The summed E-state index contributed by atoms with van der Waals surface area (Å²) in [6, 6.07) is 0. The Morgan fingerprint density at radius 1 is 1.45 bits per heavy atom. The molecule has 0 spiro atoms. The highest BCUT2D eigenvalue weighted by molar-refractivity contribution is 4.78. The maximum Gasteiger partial charge on any atom is 0.129 e. The Hall–Kier alpha value is -0.160. The molecule has 0 aromatic carbocycles. The predicted octanol–water partition coefficient (Wildman–Crippen LogP) is -0.794. The number of nitrogens with zero attached hydrogens (tertiary/aromatic N) is 2. The SMILES string of the molecule is CN1CCCN(N)CC1(C)O. The van der Waals surface area contributed by atoms with Crippen molar-refractivity contribution in [2.75, 3.05) is 26.7 Å². The van der Waals surface area contributed by atoms with Gasteiger partial charge in [0, 0.05) is 13.1 Å². The van der Waals surface area contributed by atoms with Gasteiger partial charge in [-0.05, 0) is 20.4 Å². The summed E-state index contributed by atoms with van der Waals surface area (Å²) in [5, 5.41) is 11.5. The molecule has 1 rings (SSSR count). The Labute approximate surface area is 67.5 Å². The summed E-state index contributed by atoms with van der Waals surface area (Å²) in [5.74, 6) is 5.62. The molecular formula is C7H17N3O. The van der Waals surface area contributed by atoms with Crippen LogP contribution in [0, 0.1) is 0 Å². The Bertz CT molecular complexity index is 138. The van der Waals surface area contributed by atoms with E-state index in [-0.39, 0.29) is 0 Å². The van der Waals surface area contributed by atoms with Crippen LogP contribution in [0.15, 0.2) is 0 Å². The van der Waals surface area contributed by atoms with Crippen LogP contribution in [-0.4, -0.2) is 47.4 Å². The van der Waals surface area contributed by atoms with E-state index in [9.17, 15) is 5.11 Å². The van der Waals surface area contributed by atoms with Crippen molar-refractivity contribution < 1.29 is 5.11 Å². The second kappa shape index (κ2) is 3.06. The van der Waals surface area contributed by atoms with E-state index < -0.39 is 5.72 Å². The van der Waals surface area contributed by atoms with Crippen molar-refractivity contribution in [2.24, 2.45) is 5.84 Å². The first kappa shape index (κ1) is 8.93. The average Bonchev–Trinajstić information content (AvgIpc) is 1.93. The van der Waals surface area contributed by atoms with E-state index in [1.807, 2.05) is 11.9 Å². The van der Waals surface area contributed by atoms with E-state index in [1.54, 1.807) is 11.9 Å². The molecule has 3 N–H and O–H groups in total. The Kier molecular flexibility index (Phi) is 2.49. The highest BCUT2D eigenvalue weighted by Crippen LogP contribution is 2.13.